The van der Waals surface area contributed by atoms with Crippen LogP contribution in [0.3, 0.4) is 0 Å². The summed E-state index contributed by atoms with van der Waals surface area (Å²) < 4.78 is 5.77. The van der Waals surface area contributed by atoms with Crippen molar-refractivity contribution in [2.45, 2.75) is 51.1 Å². The van der Waals surface area contributed by atoms with E-state index >= 15 is 0 Å². The molecule has 2 aliphatic rings. The topological polar surface area (TPSA) is 50.5 Å². The molecular weight excluding hydrogens is 214 g/mol. The molecule has 1 atom stereocenters. The number of nitrogens with zero attached hydrogens (tertiary/aromatic N) is 1. The Kier molecular flexibility index (Phi) is 4.07. The minimum atomic E-state index is 0.00836. The zero-order chi connectivity index (χ0) is 12.3. The van der Waals surface area contributed by atoms with Gasteiger partial charge in [-0.1, -0.05) is 0 Å². The zero-order valence-corrected chi connectivity index (χ0v) is 11.0. The summed E-state index contributed by atoms with van der Waals surface area (Å²) in [4.78, 5) is 2.51. The first-order chi connectivity index (χ1) is 8.16. The van der Waals surface area contributed by atoms with Crippen LogP contribution >= 0.6 is 0 Å². The van der Waals surface area contributed by atoms with E-state index in [0.29, 0.717) is 0 Å². The van der Waals surface area contributed by atoms with Crippen LogP contribution in [-0.4, -0.2) is 36.2 Å². The van der Waals surface area contributed by atoms with E-state index < -0.39 is 0 Å². The van der Waals surface area contributed by atoms with E-state index in [2.05, 4.69) is 30.2 Å². The molecule has 1 fully saturated rings. The molecule has 0 radical (unpaired) electrons. The van der Waals surface area contributed by atoms with Crippen LogP contribution in [0.15, 0.2) is 11.8 Å². The Hall–Kier alpha value is -0.580. The van der Waals surface area contributed by atoms with Gasteiger partial charge in [0.25, 0.3) is 0 Å². The Labute approximate surface area is 104 Å². The first-order valence-corrected chi connectivity index (χ1v) is 6.70. The lowest BCUT2D eigenvalue weighted by Gasteiger charge is -2.42. The van der Waals surface area contributed by atoms with E-state index in [0.717, 1.165) is 25.2 Å². The molecule has 17 heavy (non-hydrogen) atoms. The molecule has 0 bridgehead atoms. The molecule has 0 spiro atoms. The average molecular weight is 239 g/mol. The number of likely N-dealkylation sites (tertiary alicyclic amines) is 1. The maximum atomic E-state index is 5.77. The van der Waals surface area contributed by atoms with Crippen molar-refractivity contribution in [3.8, 4) is 0 Å². The number of hydrogen-bond acceptors (Lipinski definition) is 4. The molecular formula is C13H25N3O. The van der Waals surface area contributed by atoms with E-state index in [-0.39, 0.29) is 11.6 Å². The standard InChI is InChI=1S/C13H25N3O/c1-13(2,16-8-4-5-9-16)12(15-14)11-7-3-6-10-17-11/h7,12,15H,3-6,8-10,14H2,1-2H3. The highest BCUT2D eigenvalue weighted by atomic mass is 16.5. The van der Waals surface area contributed by atoms with Crippen LogP contribution in [0.4, 0.5) is 0 Å². The quantitative estimate of drug-likeness (QED) is 0.575. The fraction of sp³-hybridized carbons (Fsp3) is 0.846. The van der Waals surface area contributed by atoms with Gasteiger partial charge in [-0.05, 0) is 58.7 Å². The van der Waals surface area contributed by atoms with E-state index in [1.807, 2.05) is 0 Å². The average Bonchev–Trinajstić information content (AvgIpc) is 2.85. The van der Waals surface area contributed by atoms with Gasteiger partial charge in [0, 0.05) is 5.54 Å². The number of nitrogens with one attached hydrogen (secondary N) is 1. The molecule has 2 rings (SSSR count). The highest BCUT2D eigenvalue weighted by Crippen LogP contribution is 2.29. The summed E-state index contributed by atoms with van der Waals surface area (Å²) in [5.74, 6) is 6.78. The van der Waals surface area contributed by atoms with Crippen molar-refractivity contribution in [2.24, 2.45) is 5.84 Å². The van der Waals surface area contributed by atoms with Crippen molar-refractivity contribution in [1.82, 2.24) is 10.3 Å². The van der Waals surface area contributed by atoms with Gasteiger partial charge >= 0.3 is 0 Å². The van der Waals surface area contributed by atoms with Gasteiger partial charge in [-0.2, -0.15) is 0 Å². The van der Waals surface area contributed by atoms with Crippen molar-refractivity contribution in [3.63, 3.8) is 0 Å². The summed E-state index contributed by atoms with van der Waals surface area (Å²) in [5, 5.41) is 0. The number of rotatable bonds is 4. The first-order valence-electron chi connectivity index (χ1n) is 6.70. The van der Waals surface area contributed by atoms with Crippen LogP contribution in [0.25, 0.3) is 0 Å². The summed E-state index contributed by atoms with van der Waals surface area (Å²) in [5.41, 5.74) is 2.96. The SMILES string of the molecule is CC(C)(C(NN)C1=CCCCO1)N1CCCC1. The molecule has 98 valence electrons. The zero-order valence-electron chi connectivity index (χ0n) is 11.0. The van der Waals surface area contributed by atoms with Gasteiger partial charge in [-0.3, -0.25) is 10.7 Å². The molecule has 1 saturated heterocycles. The van der Waals surface area contributed by atoms with Gasteiger partial charge in [0.15, 0.2) is 0 Å². The second-order valence-electron chi connectivity index (χ2n) is 5.54. The van der Waals surface area contributed by atoms with Gasteiger partial charge in [-0.25, -0.2) is 5.43 Å². The molecule has 0 saturated carbocycles. The molecule has 0 aromatic rings. The maximum Gasteiger partial charge on any atom is 0.112 e. The normalized spacial score (nSPS) is 24.3. The molecule has 2 aliphatic heterocycles. The van der Waals surface area contributed by atoms with Crippen LogP contribution in [-0.2, 0) is 4.74 Å². The van der Waals surface area contributed by atoms with Gasteiger partial charge in [0.2, 0.25) is 0 Å². The molecule has 0 aliphatic carbocycles. The third-order valence-corrected chi connectivity index (χ3v) is 4.04. The fourth-order valence-electron chi connectivity index (χ4n) is 2.89. The third-order valence-electron chi connectivity index (χ3n) is 4.04. The number of hydrazine groups is 1. The maximum absolute atomic E-state index is 5.77. The van der Waals surface area contributed by atoms with Crippen LogP contribution in [0.2, 0.25) is 0 Å². The summed E-state index contributed by atoms with van der Waals surface area (Å²) >= 11 is 0. The molecule has 0 aromatic carbocycles. The van der Waals surface area contributed by atoms with Gasteiger partial charge in [0.05, 0.1) is 12.6 Å². The lowest BCUT2D eigenvalue weighted by atomic mass is 9.90. The summed E-state index contributed by atoms with van der Waals surface area (Å²) in [6.45, 7) is 7.65. The Morgan fingerprint density at radius 1 is 1.35 bits per heavy atom. The fourth-order valence-corrected chi connectivity index (χ4v) is 2.89. The summed E-state index contributed by atoms with van der Waals surface area (Å²) in [6, 6.07) is 0.0842. The highest BCUT2D eigenvalue weighted by molar-refractivity contribution is 5.14. The van der Waals surface area contributed by atoms with Crippen molar-refractivity contribution in [3.05, 3.63) is 11.8 Å². The van der Waals surface area contributed by atoms with Gasteiger partial charge in [-0.15, -0.1) is 0 Å². The predicted molar refractivity (Wildman–Crippen MR) is 69.3 cm³/mol. The van der Waals surface area contributed by atoms with Crippen LogP contribution in [0.5, 0.6) is 0 Å². The smallest absolute Gasteiger partial charge is 0.112 e. The van der Waals surface area contributed by atoms with Crippen molar-refractivity contribution < 1.29 is 4.74 Å². The van der Waals surface area contributed by atoms with Crippen LogP contribution in [0.1, 0.15) is 39.5 Å². The minimum Gasteiger partial charge on any atom is -0.496 e. The number of ether oxygens (including phenoxy) is 1. The Balaban J connectivity index is 2.12. The van der Waals surface area contributed by atoms with Crippen molar-refractivity contribution >= 4 is 0 Å². The monoisotopic (exact) mass is 239 g/mol. The number of nitrogens with two attached hydrogens (primary N) is 1. The van der Waals surface area contributed by atoms with Gasteiger partial charge < -0.3 is 4.74 Å². The minimum absolute atomic E-state index is 0.00836. The molecule has 1 unspecified atom stereocenters. The van der Waals surface area contributed by atoms with Crippen LogP contribution < -0.4 is 11.3 Å². The van der Waals surface area contributed by atoms with Gasteiger partial charge in [0.1, 0.15) is 5.76 Å². The van der Waals surface area contributed by atoms with Crippen molar-refractivity contribution in [2.75, 3.05) is 19.7 Å². The summed E-state index contributed by atoms with van der Waals surface area (Å²) in [7, 11) is 0. The first kappa shape index (κ1) is 12.9. The molecule has 0 aromatic heterocycles. The highest BCUT2D eigenvalue weighted by Gasteiger charge is 2.39. The number of hydrogen-bond donors (Lipinski definition) is 2. The molecule has 3 N–H and O–H groups in total. The Morgan fingerprint density at radius 3 is 2.59 bits per heavy atom. The molecule has 4 nitrogen and oxygen atoms in total. The second-order valence-corrected chi connectivity index (χ2v) is 5.54. The summed E-state index contributed by atoms with van der Waals surface area (Å²) in [6.07, 6.45) is 6.99. The second kappa shape index (κ2) is 5.38. The van der Waals surface area contributed by atoms with Crippen LogP contribution in [0, 0.1) is 0 Å². The predicted octanol–water partition coefficient (Wildman–Crippen LogP) is 1.39. The molecule has 4 heteroatoms. The third kappa shape index (κ3) is 2.64. The molecule has 2 heterocycles. The van der Waals surface area contributed by atoms with Crippen molar-refractivity contribution in [1.29, 1.82) is 0 Å². The largest absolute Gasteiger partial charge is 0.496 e. The lowest BCUT2D eigenvalue weighted by Crippen LogP contribution is -2.59. The van der Waals surface area contributed by atoms with E-state index in [1.165, 1.54) is 25.9 Å². The van der Waals surface area contributed by atoms with E-state index in [9.17, 15) is 0 Å². The molecule has 0 amide bonds. The Bertz CT molecular complexity index is 282. The van der Waals surface area contributed by atoms with E-state index in [4.69, 9.17) is 10.6 Å². The Morgan fingerprint density at radius 2 is 2.06 bits per heavy atom. The van der Waals surface area contributed by atoms with E-state index in [1.54, 1.807) is 0 Å². The number of allylic oxidation sites excluding steroid dienone is 1. The lowest BCUT2D eigenvalue weighted by molar-refractivity contribution is 0.0745.